The highest BCUT2D eigenvalue weighted by atomic mass is 16.5. The number of fused-ring (bicyclic) bond motifs is 1. The first-order valence-electron chi connectivity index (χ1n) is 8.95. The number of rotatable bonds is 3. The molecule has 0 radical (unpaired) electrons. The van der Waals surface area contributed by atoms with Crippen molar-refractivity contribution in [2.75, 3.05) is 11.9 Å². The van der Waals surface area contributed by atoms with E-state index in [9.17, 15) is 4.79 Å². The zero-order valence-corrected chi connectivity index (χ0v) is 14.4. The molecule has 1 saturated carbocycles. The minimum absolute atomic E-state index is 0.0115. The SMILES string of the molecule is Cc1ccc(=O)n(C2CCC(Nc3cc4c(nn3)CCOC4)CC2)n1. The van der Waals surface area contributed by atoms with Crippen molar-refractivity contribution in [2.45, 2.75) is 57.7 Å². The molecule has 2 aliphatic rings. The van der Waals surface area contributed by atoms with Gasteiger partial charge >= 0.3 is 0 Å². The Labute approximate surface area is 146 Å². The summed E-state index contributed by atoms with van der Waals surface area (Å²) < 4.78 is 7.14. The molecule has 0 bridgehead atoms. The Morgan fingerprint density at radius 3 is 2.88 bits per heavy atom. The molecular formula is C18H23N5O2. The molecule has 2 aromatic heterocycles. The van der Waals surface area contributed by atoms with Gasteiger partial charge in [-0.25, -0.2) is 4.68 Å². The van der Waals surface area contributed by atoms with Gasteiger partial charge in [-0.15, -0.1) is 5.10 Å². The highest BCUT2D eigenvalue weighted by molar-refractivity contribution is 5.39. The van der Waals surface area contributed by atoms with E-state index in [4.69, 9.17) is 4.74 Å². The molecule has 7 nitrogen and oxygen atoms in total. The molecule has 1 N–H and O–H groups in total. The third kappa shape index (κ3) is 3.56. The topological polar surface area (TPSA) is 81.9 Å². The quantitative estimate of drug-likeness (QED) is 0.920. The predicted octanol–water partition coefficient (Wildman–Crippen LogP) is 2.01. The van der Waals surface area contributed by atoms with Crippen LogP contribution in [-0.4, -0.2) is 32.6 Å². The van der Waals surface area contributed by atoms with E-state index < -0.39 is 0 Å². The van der Waals surface area contributed by atoms with Crippen molar-refractivity contribution in [3.05, 3.63) is 45.5 Å². The van der Waals surface area contributed by atoms with E-state index in [0.717, 1.165) is 61.5 Å². The van der Waals surface area contributed by atoms with Crippen LogP contribution < -0.4 is 10.9 Å². The van der Waals surface area contributed by atoms with E-state index >= 15 is 0 Å². The number of hydrogen-bond acceptors (Lipinski definition) is 6. The standard InChI is InChI=1S/C18H23N5O2/c1-12-2-7-18(24)23(22-12)15-5-3-14(4-6-15)19-17-10-13-11-25-9-8-16(13)20-21-17/h2,7,10,14-15H,3-6,8-9,11H2,1H3,(H,19,21). The molecule has 25 heavy (non-hydrogen) atoms. The molecule has 0 atom stereocenters. The van der Waals surface area contributed by atoms with E-state index in [1.807, 2.05) is 6.92 Å². The van der Waals surface area contributed by atoms with E-state index in [1.165, 1.54) is 0 Å². The van der Waals surface area contributed by atoms with Gasteiger partial charge in [0.1, 0.15) is 5.82 Å². The number of aryl methyl sites for hydroxylation is 1. The van der Waals surface area contributed by atoms with Crippen LogP contribution in [0.2, 0.25) is 0 Å². The van der Waals surface area contributed by atoms with Crippen LogP contribution in [0.5, 0.6) is 0 Å². The maximum absolute atomic E-state index is 12.0. The fourth-order valence-corrected chi connectivity index (χ4v) is 3.67. The van der Waals surface area contributed by atoms with Gasteiger partial charge in [0.15, 0.2) is 0 Å². The van der Waals surface area contributed by atoms with E-state index in [0.29, 0.717) is 12.6 Å². The average molecular weight is 341 g/mol. The first-order valence-corrected chi connectivity index (χ1v) is 8.95. The highest BCUT2D eigenvalue weighted by Crippen LogP contribution is 2.29. The third-order valence-corrected chi connectivity index (χ3v) is 5.05. The second-order valence-corrected chi connectivity index (χ2v) is 6.91. The van der Waals surface area contributed by atoms with Gasteiger partial charge in [-0.2, -0.15) is 10.2 Å². The van der Waals surface area contributed by atoms with Gasteiger partial charge in [-0.05, 0) is 44.7 Å². The van der Waals surface area contributed by atoms with Gasteiger partial charge in [-0.1, -0.05) is 0 Å². The molecule has 0 spiro atoms. The summed E-state index contributed by atoms with van der Waals surface area (Å²) in [5, 5.41) is 16.5. The van der Waals surface area contributed by atoms with Crippen molar-refractivity contribution >= 4 is 5.82 Å². The van der Waals surface area contributed by atoms with Crippen LogP contribution in [0.1, 0.15) is 48.7 Å². The summed E-state index contributed by atoms with van der Waals surface area (Å²) in [7, 11) is 0. The Morgan fingerprint density at radius 2 is 2.04 bits per heavy atom. The van der Waals surface area contributed by atoms with Crippen LogP contribution in [-0.2, 0) is 17.8 Å². The number of aromatic nitrogens is 4. The zero-order valence-electron chi connectivity index (χ0n) is 14.4. The molecule has 1 fully saturated rings. The van der Waals surface area contributed by atoms with Gasteiger partial charge in [0, 0.05) is 24.1 Å². The van der Waals surface area contributed by atoms with Crippen molar-refractivity contribution in [1.29, 1.82) is 0 Å². The lowest BCUT2D eigenvalue weighted by Gasteiger charge is -2.30. The first-order chi connectivity index (χ1) is 12.2. The Bertz CT molecular complexity index is 811. The Hall–Kier alpha value is -2.28. The number of nitrogens with zero attached hydrogens (tertiary/aromatic N) is 4. The molecule has 0 aromatic carbocycles. The molecular weight excluding hydrogens is 318 g/mol. The summed E-state index contributed by atoms with van der Waals surface area (Å²) in [5.41, 5.74) is 3.05. The summed E-state index contributed by atoms with van der Waals surface area (Å²) in [6.07, 6.45) is 4.70. The summed E-state index contributed by atoms with van der Waals surface area (Å²) in [6.45, 7) is 3.26. The molecule has 2 aromatic rings. The molecule has 1 aliphatic carbocycles. The van der Waals surface area contributed by atoms with Crippen molar-refractivity contribution < 1.29 is 4.74 Å². The smallest absolute Gasteiger partial charge is 0.267 e. The van der Waals surface area contributed by atoms with Crippen molar-refractivity contribution in [3.8, 4) is 0 Å². The molecule has 132 valence electrons. The Kier molecular flexibility index (Phi) is 4.48. The predicted molar refractivity (Wildman–Crippen MR) is 93.5 cm³/mol. The third-order valence-electron chi connectivity index (χ3n) is 5.05. The largest absolute Gasteiger partial charge is 0.376 e. The molecule has 0 saturated heterocycles. The maximum Gasteiger partial charge on any atom is 0.267 e. The molecule has 1 aliphatic heterocycles. The van der Waals surface area contributed by atoms with Crippen LogP contribution in [0.3, 0.4) is 0 Å². The maximum atomic E-state index is 12.0. The van der Waals surface area contributed by atoms with Crippen LogP contribution >= 0.6 is 0 Å². The minimum Gasteiger partial charge on any atom is -0.376 e. The average Bonchev–Trinajstić information content (AvgIpc) is 2.64. The van der Waals surface area contributed by atoms with Gasteiger partial charge < -0.3 is 10.1 Å². The Morgan fingerprint density at radius 1 is 1.20 bits per heavy atom. The van der Waals surface area contributed by atoms with Crippen molar-refractivity contribution in [2.24, 2.45) is 0 Å². The zero-order chi connectivity index (χ0) is 17.2. The Balaban J connectivity index is 1.39. The molecule has 7 heteroatoms. The molecule has 4 rings (SSSR count). The van der Waals surface area contributed by atoms with Gasteiger partial charge in [0.25, 0.3) is 5.56 Å². The van der Waals surface area contributed by atoms with Gasteiger partial charge in [0.2, 0.25) is 0 Å². The van der Waals surface area contributed by atoms with E-state index in [-0.39, 0.29) is 11.6 Å². The highest BCUT2D eigenvalue weighted by Gasteiger charge is 2.24. The summed E-state index contributed by atoms with van der Waals surface area (Å²) in [4.78, 5) is 12.0. The monoisotopic (exact) mass is 341 g/mol. The van der Waals surface area contributed by atoms with E-state index in [1.54, 1.807) is 16.8 Å². The van der Waals surface area contributed by atoms with Gasteiger partial charge in [0.05, 0.1) is 30.6 Å². The van der Waals surface area contributed by atoms with Crippen molar-refractivity contribution in [1.82, 2.24) is 20.0 Å². The molecule has 0 unspecified atom stereocenters. The van der Waals surface area contributed by atoms with Gasteiger partial charge in [-0.3, -0.25) is 4.79 Å². The first kappa shape index (κ1) is 16.2. The molecule has 3 heterocycles. The van der Waals surface area contributed by atoms with Crippen LogP contribution in [0.25, 0.3) is 0 Å². The number of anilines is 1. The van der Waals surface area contributed by atoms with Crippen LogP contribution in [0.15, 0.2) is 23.0 Å². The molecule has 0 amide bonds. The van der Waals surface area contributed by atoms with E-state index in [2.05, 4.69) is 26.7 Å². The number of ether oxygens (including phenoxy) is 1. The normalized spacial score (nSPS) is 23.1. The summed E-state index contributed by atoms with van der Waals surface area (Å²) in [5.74, 6) is 0.818. The van der Waals surface area contributed by atoms with Crippen LogP contribution in [0, 0.1) is 6.92 Å². The lowest BCUT2D eigenvalue weighted by molar-refractivity contribution is 0.109. The lowest BCUT2D eigenvalue weighted by atomic mass is 9.91. The summed E-state index contributed by atoms with van der Waals surface area (Å²) >= 11 is 0. The number of hydrogen-bond donors (Lipinski definition) is 1. The fraction of sp³-hybridized carbons (Fsp3) is 0.556. The van der Waals surface area contributed by atoms with Crippen LogP contribution in [0.4, 0.5) is 5.82 Å². The second-order valence-electron chi connectivity index (χ2n) is 6.91. The lowest BCUT2D eigenvalue weighted by Crippen LogP contribution is -2.33. The fourth-order valence-electron chi connectivity index (χ4n) is 3.67. The minimum atomic E-state index is -0.0115. The van der Waals surface area contributed by atoms with Crippen molar-refractivity contribution in [3.63, 3.8) is 0 Å². The summed E-state index contributed by atoms with van der Waals surface area (Å²) in [6, 6.07) is 5.98. The number of nitrogens with one attached hydrogen (secondary N) is 1. The second kappa shape index (κ2) is 6.92.